The highest BCUT2D eigenvalue weighted by molar-refractivity contribution is 7.90. The maximum atomic E-state index is 15.8. The van der Waals surface area contributed by atoms with Crippen molar-refractivity contribution in [2.75, 3.05) is 75.1 Å². The number of hydrogen-bond donors (Lipinski definition) is 5. The number of nitrogens with one attached hydrogen (secondary N) is 4. The number of halogens is 3. The first kappa shape index (κ1) is 54.6. The van der Waals surface area contributed by atoms with Crippen LogP contribution in [-0.4, -0.2) is 167 Å². The van der Waals surface area contributed by atoms with Crippen LogP contribution in [0.4, 0.5) is 24.5 Å². The molecule has 10 rings (SSSR count). The molecule has 6 aromatic rings. The number of thiazole rings is 1. The van der Waals surface area contributed by atoms with Gasteiger partial charge in [-0.2, -0.15) is 12.7 Å². The summed E-state index contributed by atoms with van der Waals surface area (Å²) in [6.07, 6.45) is 0.770. The molecule has 4 fully saturated rings. The van der Waals surface area contributed by atoms with Gasteiger partial charge in [-0.05, 0) is 65.8 Å². The van der Waals surface area contributed by atoms with E-state index in [9.17, 15) is 37.1 Å². The molecule has 18 nitrogen and oxygen atoms in total. The fourth-order valence-corrected chi connectivity index (χ4v) is 12.8. The van der Waals surface area contributed by atoms with Crippen LogP contribution in [0.5, 0.6) is 0 Å². The molecule has 4 aliphatic rings. The van der Waals surface area contributed by atoms with Crippen molar-refractivity contribution in [1.82, 2.24) is 44.6 Å². The number of fused-ring (bicyclic) bond motifs is 1. The smallest absolute Gasteiger partial charge is 0.301 e. The van der Waals surface area contributed by atoms with Gasteiger partial charge in [-0.25, -0.2) is 23.1 Å². The molecule has 0 bridgehead atoms. The zero-order valence-corrected chi connectivity index (χ0v) is 45.3. The number of β-amino-alcohol motifs (C(OH)–C–C–N with tert-alkyl or cyclic N) is 1. The van der Waals surface area contributed by atoms with E-state index in [1.54, 1.807) is 23.6 Å². The molecule has 1 unspecified atom stereocenters. The molecular formula is C55H62F3N11O7S2. The first-order chi connectivity index (χ1) is 37.2. The number of rotatable bonds is 16. The molecular weight excluding hydrogens is 1050 g/mol. The number of carbonyl (C=O) groups is 4. The van der Waals surface area contributed by atoms with E-state index >= 15 is 8.78 Å². The minimum absolute atomic E-state index is 0.00890. The summed E-state index contributed by atoms with van der Waals surface area (Å²) >= 11 is 1.57. The Morgan fingerprint density at radius 2 is 1.62 bits per heavy atom. The van der Waals surface area contributed by atoms with Gasteiger partial charge >= 0.3 is 10.2 Å². The quantitative estimate of drug-likeness (QED) is 0.0762. The number of anilines is 2. The minimum Gasteiger partial charge on any atom is -0.391 e. The van der Waals surface area contributed by atoms with Gasteiger partial charge in [0.15, 0.2) is 5.82 Å². The number of ketones is 1. The van der Waals surface area contributed by atoms with E-state index in [2.05, 4.69) is 40.3 Å². The number of aliphatic hydroxyl groups is 1. The van der Waals surface area contributed by atoms with Crippen LogP contribution in [0.2, 0.25) is 0 Å². The predicted molar refractivity (Wildman–Crippen MR) is 291 cm³/mol. The van der Waals surface area contributed by atoms with Crippen LogP contribution >= 0.6 is 11.3 Å². The molecule has 7 heterocycles. The largest absolute Gasteiger partial charge is 0.391 e. The molecule has 412 valence electrons. The van der Waals surface area contributed by atoms with E-state index in [0.29, 0.717) is 29.7 Å². The van der Waals surface area contributed by atoms with Crippen LogP contribution in [-0.2, 0) is 31.1 Å². The second-order valence-electron chi connectivity index (χ2n) is 21.6. The highest BCUT2D eigenvalue weighted by Gasteiger charge is 2.45. The lowest BCUT2D eigenvalue weighted by Gasteiger charge is -2.48. The lowest BCUT2D eigenvalue weighted by Crippen LogP contribution is -2.65. The first-order valence-electron chi connectivity index (χ1n) is 26.0. The van der Waals surface area contributed by atoms with Crippen molar-refractivity contribution in [3.05, 3.63) is 119 Å². The van der Waals surface area contributed by atoms with Crippen LogP contribution in [0.25, 0.3) is 32.6 Å². The maximum Gasteiger partial charge on any atom is 0.301 e. The maximum absolute atomic E-state index is 15.8. The molecule has 5 N–H and O–H groups in total. The van der Waals surface area contributed by atoms with Crippen LogP contribution < -0.4 is 20.3 Å². The summed E-state index contributed by atoms with van der Waals surface area (Å²) in [5.74, 6) is -4.68. The third-order valence-electron chi connectivity index (χ3n) is 15.2. The Morgan fingerprint density at radius 1 is 0.897 bits per heavy atom. The number of likely N-dealkylation sites (tertiary alicyclic amines) is 2. The topological polar surface area (TPSA) is 217 Å². The zero-order valence-electron chi connectivity index (χ0n) is 43.6. The zero-order chi connectivity index (χ0) is 55.2. The normalized spacial score (nSPS) is 20.2. The number of benzene rings is 3. The summed E-state index contributed by atoms with van der Waals surface area (Å²) in [6, 6.07) is 17.5. The first-order valence-corrected chi connectivity index (χ1v) is 28.3. The molecule has 3 aromatic heterocycles. The second kappa shape index (κ2) is 22.2. The van der Waals surface area contributed by atoms with Gasteiger partial charge in [0.05, 0.1) is 40.0 Å². The number of pyridine rings is 1. The molecule has 78 heavy (non-hydrogen) atoms. The van der Waals surface area contributed by atoms with E-state index < -0.39 is 81.1 Å². The number of aliphatic hydroxyl groups excluding tert-OH is 1. The minimum atomic E-state index is -4.38. The van der Waals surface area contributed by atoms with Crippen LogP contribution in [0.3, 0.4) is 0 Å². The van der Waals surface area contributed by atoms with Crippen molar-refractivity contribution in [2.24, 2.45) is 5.41 Å². The van der Waals surface area contributed by atoms with E-state index in [4.69, 9.17) is 0 Å². The van der Waals surface area contributed by atoms with Crippen molar-refractivity contribution in [3.8, 4) is 21.6 Å². The van der Waals surface area contributed by atoms with Gasteiger partial charge < -0.3 is 30.5 Å². The van der Waals surface area contributed by atoms with E-state index in [0.717, 1.165) is 75.6 Å². The van der Waals surface area contributed by atoms with Gasteiger partial charge in [-0.15, -0.1) is 11.3 Å². The number of aryl methyl sites for hydroxylation is 1. The number of hydrogen-bond acceptors (Lipinski definition) is 13. The molecule has 0 spiro atoms. The Kier molecular flexibility index (Phi) is 15.5. The molecule has 23 heteroatoms. The molecule has 4 atom stereocenters. The molecule has 0 saturated carbocycles. The lowest BCUT2D eigenvalue weighted by atomic mass is 9.85. The van der Waals surface area contributed by atoms with Crippen molar-refractivity contribution in [1.29, 1.82) is 0 Å². The summed E-state index contributed by atoms with van der Waals surface area (Å²) in [5, 5.41) is 16.9. The Morgan fingerprint density at radius 3 is 2.28 bits per heavy atom. The summed E-state index contributed by atoms with van der Waals surface area (Å²) in [6.45, 7) is 11.9. The average molecular weight is 1110 g/mol. The van der Waals surface area contributed by atoms with Gasteiger partial charge in [-0.1, -0.05) is 57.2 Å². The Labute approximate surface area is 454 Å². The summed E-state index contributed by atoms with van der Waals surface area (Å²) in [5.41, 5.74) is 5.08. The molecule has 0 aliphatic carbocycles. The average Bonchev–Trinajstić information content (AvgIpc) is 4.30. The standard InChI is InChI=1S/C55H62F3N11O7S2/c1-32-50(77-31-62-32)35-7-5-33(6-8-35)23-61-53(73)45-22-40(70)29-69(45)54(74)51(55(2,3)4)63-46(71)30-65-27-39(28-65)67-19-17-66(18-20-67)38-11-9-34(10-12-38)36-21-41-42(25-60-52(41)59-24-36)49(72)47-43(57)13-14-44(48(47)58)64-78(75,76)68-16-15-37(56)26-68/h5-14,21,24-25,31,37,39-40,45,51,64,70H,15-20,22-23,26-30H2,1-4H3,(H,59,60)(H,61,73)(H,63,71)/t37-,40-,45+,51?/m1/s1. The molecule has 3 amide bonds. The van der Waals surface area contributed by atoms with E-state index in [1.807, 2.05) is 86.5 Å². The number of piperazine rings is 1. The van der Waals surface area contributed by atoms with E-state index in [1.165, 1.54) is 11.1 Å². The number of carbonyl (C=O) groups excluding carboxylic acids is 4. The number of nitrogens with zero attached hydrogens (tertiary/aromatic N) is 7. The SMILES string of the molecule is Cc1ncsc1-c1ccc(CNC(=O)[C@@H]2C[C@@H](O)CN2C(=O)C(NC(=O)CN2CC(N3CCN(c4ccc(-c5cnc6[nH]cc(C(=O)c7c(F)ccc(NS(=O)(=O)N8CC[C@@H](F)C8)c7F)c6c5)cc4)CC3)C2)C(C)(C)C)cc1. The third kappa shape index (κ3) is 11.5. The highest BCUT2D eigenvalue weighted by Crippen LogP contribution is 2.33. The summed E-state index contributed by atoms with van der Waals surface area (Å²) < 4.78 is 73.3. The highest BCUT2D eigenvalue weighted by atomic mass is 32.2. The van der Waals surface area contributed by atoms with Gasteiger partial charge in [0.25, 0.3) is 0 Å². The fraction of sp³-hybridized carbons (Fsp3) is 0.418. The number of aromatic amines is 1. The number of alkyl halides is 1. The second-order valence-corrected chi connectivity index (χ2v) is 24.2. The predicted octanol–water partition coefficient (Wildman–Crippen LogP) is 5.49. The summed E-state index contributed by atoms with van der Waals surface area (Å²) in [7, 11) is -4.38. The molecule has 4 saturated heterocycles. The van der Waals surface area contributed by atoms with Gasteiger partial charge in [0, 0.05) is 113 Å². The van der Waals surface area contributed by atoms with E-state index in [-0.39, 0.29) is 62.4 Å². The van der Waals surface area contributed by atoms with Gasteiger partial charge in [0.1, 0.15) is 29.7 Å². The molecule has 4 aliphatic heterocycles. The Balaban J connectivity index is 0.698. The number of aromatic nitrogens is 3. The van der Waals surface area contributed by atoms with Crippen molar-refractivity contribution in [2.45, 2.75) is 77.5 Å². The number of H-pyrrole nitrogens is 1. The van der Waals surface area contributed by atoms with Gasteiger partial charge in [-0.3, -0.25) is 33.7 Å². The van der Waals surface area contributed by atoms with Crippen LogP contribution in [0, 0.1) is 24.0 Å². The van der Waals surface area contributed by atoms with Crippen LogP contribution in [0.1, 0.15) is 60.8 Å². The van der Waals surface area contributed by atoms with Crippen LogP contribution in [0.15, 0.2) is 84.6 Å². The molecule has 3 aromatic carbocycles. The monoisotopic (exact) mass is 1110 g/mol. The van der Waals surface area contributed by atoms with Crippen molar-refractivity contribution >= 4 is 67.5 Å². The van der Waals surface area contributed by atoms with Gasteiger partial charge in [0.2, 0.25) is 23.5 Å². The lowest BCUT2D eigenvalue weighted by molar-refractivity contribution is -0.144. The fourth-order valence-electron chi connectivity index (χ4n) is 10.7. The molecule has 0 radical (unpaired) electrons. The summed E-state index contributed by atoms with van der Waals surface area (Å²) in [4.78, 5) is 76.1. The van der Waals surface area contributed by atoms with Crippen molar-refractivity contribution in [3.63, 3.8) is 0 Å². The Hall–Kier alpha value is -6.76. The number of amides is 3. The third-order valence-corrected chi connectivity index (χ3v) is 17.6. The van der Waals surface area contributed by atoms with Crippen molar-refractivity contribution < 1.29 is 45.9 Å². The Bertz CT molecular complexity index is 3340.